The molecule has 2 nitrogen and oxygen atoms in total. The largest absolute Gasteiger partial charge is 0.396 e. The maximum Gasteiger partial charge on any atom is 0.0729 e. The Morgan fingerprint density at radius 3 is 2.82 bits per heavy atom. The van der Waals surface area contributed by atoms with E-state index < -0.39 is 0 Å². The van der Waals surface area contributed by atoms with Crippen molar-refractivity contribution >= 4 is 0 Å². The molecule has 0 amide bonds. The maximum atomic E-state index is 9.94. The first-order valence-corrected chi connectivity index (χ1v) is 6.62. The van der Waals surface area contributed by atoms with Crippen molar-refractivity contribution in [3.05, 3.63) is 23.8 Å². The molecular formula is C15H24O2. The summed E-state index contributed by atoms with van der Waals surface area (Å²) >= 11 is 0. The van der Waals surface area contributed by atoms with E-state index in [9.17, 15) is 10.2 Å². The van der Waals surface area contributed by atoms with Crippen molar-refractivity contribution in [2.24, 2.45) is 23.2 Å². The highest BCUT2D eigenvalue weighted by Crippen LogP contribution is 2.55. The zero-order valence-electron chi connectivity index (χ0n) is 11.1. The van der Waals surface area contributed by atoms with E-state index in [2.05, 4.69) is 26.0 Å². The summed E-state index contributed by atoms with van der Waals surface area (Å²) in [5.41, 5.74) is 1.17. The molecule has 0 aromatic rings. The summed E-state index contributed by atoms with van der Waals surface area (Å²) in [6, 6.07) is 0. The van der Waals surface area contributed by atoms with Gasteiger partial charge in [0.15, 0.2) is 0 Å². The minimum atomic E-state index is -0.325. The van der Waals surface area contributed by atoms with Gasteiger partial charge in [0, 0.05) is 6.61 Å². The average Bonchev–Trinajstić information content (AvgIpc) is 2.27. The molecule has 2 aliphatic carbocycles. The highest BCUT2D eigenvalue weighted by Gasteiger charge is 2.50. The molecule has 2 N–H and O–H groups in total. The lowest BCUT2D eigenvalue weighted by molar-refractivity contribution is -0.0687. The molecule has 0 aromatic heterocycles. The number of hydrogen-bond donors (Lipinski definition) is 2. The first kappa shape index (κ1) is 12.8. The highest BCUT2D eigenvalue weighted by atomic mass is 16.3. The van der Waals surface area contributed by atoms with Crippen LogP contribution in [-0.4, -0.2) is 22.9 Å². The van der Waals surface area contributed by atoms with Gasteiger partial charge >= 0.3 is 0 Å². The first-order valence-electron chi connectivity index (χ1n) is 6.62. The molecule has 0 saturated heterocycles. The molecule has 17 heavy (non-hydrogen) atoms. The van der Waals surface area contributed by atoms with Gasteiger partial charge in [-0.05, 0) is 42.9 Å². The quantitative estimate of drug-likeness (QED) is 0.734. The van der Waals surface area contributed by atoms with Gasteiger partial charge in [0.05, 0.1) is 6.10 Å². The van der Waals surface area contributed by atoms with E-state index >= 15 is 0 Å². The molecule has 2 aliphatic rings. The lowest BCUT2D eigenvalue weighted by Gasteiger charge is -2.54. The van der Waals surface area contributed by atoms with Crippen LogP contribution in [0.25, 0.3) is 0 Å². The summed E-state index contributed by atoms with van der Waals surface area (Å²) in [6.07, 6.45) is 7.87. The summed E-state index contributed by atoms with van der Waals surface area (Å²) < 4.78 is 0. The molecule has 0 bridgehead atoms. The highest BCUT2D eigenvalue weighted by molar-refractivity contribution is 5.22. The van der Waals surface area contributed by atoms with Crippen molar-refractivity contribution in [1.82, 2.24) is 0 Å². The molecule has 1 fully saturated rings. The van der Waals surface area contributed by atoms with Crippen molar-refractivity contribution in [3.8, 4) is 0 Å². The van der Waals surface area contributed by atoms with E-state index in [0.717, 1.165) is 18.4 Å². The minimum Gasteiger partial charge on any atom is -0.396 e. The molecule has 1 saturated carbocycles. The van der Waals surface area contributed by atoms with Gasteiger partial charge in [-0.2, -0.15) is 0 Å². The van der Waals surface area contributed by atoms with E-state index in [1.807, 2.05) is 13.0 Å². The van der Waals surface area contributed by atoms with Gasteiger partial charge in [-0.25, -0.2) is 0 Å². The molecule has 0 aromatic carbocycles. The van der Waals surface area contributed by atoms with Gasteiger partial charge in [-0.15, -0.1) is 0 Å². The van der Waals surface area contributed by atoms with E-state index in [1.165, 1.54) is 0 Å². The summed E-state index contributed by atoms with van der Waals surface area (Å²) in [5, 5.41) is 19.5. The van der Waals surface area contributed by atoms with Crippen molar-refractivity contribution in [2.75, 3.05) is 6.61 Å². The summed E-state index contributed by atoms with van der Waals surface area (Å²) in [4.78, 5) is 0. The topological polar surface area (TPSA) is 40.5 Å². The van der Waals surface area contributed by atoms with Crippen molar-refractivity contribution in [1.29, 1.82) is 0 Å². The van der Waals surface area contributed by atoms with Crippen molar-refractivity contribution < 1.29 is 10.2 Å². The van der Waals surface area contributed by atoms with Crippen molar-refractivity contribution in [3.63, 3.8) is 0 Å². The van der Waals surface area contributed by atoms with E-state index in [0.29, 0.717) is 17.8 Å². The molecule has 0 heterocycles. The van der Waals surface area contributed by atoms with Gasteiger partial charge in [0.25, 0.3) is 0 Å². The Morgan fingerprint density at radius 1 is 1.47 bits per heavy atom. The molecule has 5 atom stereocenters. The summed E-state index contributed by atoms with van der Waals surface area (Å²) in [5.74, 6) is 1.58. The van der Waals surface area contributed by atoms with Crippen LogP contribution in [0.3, 0.4) is 0 Å². The molecule has 5 unspecified atom stereocenters. The van der Waals surface area contributed by atoms with Gasteiger partial charge in [-0.1, -0.05) is 37.6 Å². The van der Waals surface area contributed by atoms with Crippen LogP contribution in [0.2, 0.25) is 0 Å². The first-order chi connectivity index (χ1) is 7.96. The fraction of sp³-hybridized carbons (Fsp3) is 0.733. The standard InChI is InChI=1S/C15H24O2/c1-10-4-5-14-13(8-15(14,3)9-16)11(2)7-12(17)6-10/h4-6,11-14,16-17H,7-9H2,1-3H3. The molecule has 0 spiro atoms. The number of fused-ring (bicyclic) bond motifs is 1. The maximum absolute atomic E-state index is 9.94. The monoisotopic (exact) mass is 236 g/mol. The molecular weight excluding hydrogens is 212 g/mol. The van der Waals surface area contributed by atoms with Crippen molar-refractivity contribution in [2.45, 2.75) is 39.7 Å². The molecule has 96 valence electrons. The SMILES string of the molecule is CC1=CC(O)CC(C)C2CC(C)(CO)C2C=C1. The third kappa shape index (κ3) is 2.34. The third-order valence-electron chi connectivity index (χ3n) is 4.70. The van der Waals surface area contributed by atoms with Crippen LogP contribution in [0.4, 0.5) is 0 Å². The predicted molar refractivity (Wildman–Crippen MR) is 69.5 cm³/mol. The van der Waals surface area contributed by atoms with Gasteiger partial charge in [0.1, 0.15) is 0 Å². The number of aliphatic hydroxyl groups excluding tert-OH is 2. The molecule has 2 heteroatoms. The van der Waals surface area contributed by atoms with E-state index in [1.54, 1.807) is 0 Å². The Morgan fingerprint density at radius 2 is 2.18 bits per heavy atom. The Labute approximate surface area is 104 Å². The van der Waals surface area contributed by atoms with Crippen LogP contribution in [0.1, 0.15) is 33.6 Å². The fourth-order valence-corrected chi connectivity index (χ4v) is 3.50. The Balaban J connectivity index is 2.22. The molecule has 2 rings (SSSR count). The van der Waals surface area contributed by atoms with Crippen LogP contribution in [-0.2, 0) is 0 Å². The number of rotatable bonds is 1. The van der Waals surface area contributed by atoms with Gasteiger partial charge in [-0.3, -0.25) is 0 Å². The molecule has 0 aliphatic heterocycles. The predicted octanol–water partition coefficient (Wildman–Crippen LogP) is 2.52. The second-order valence-corrected chi connectivity index (χ2v) is 6.26. The zero-order chi connectivity index (χ0) is 12.6. The average molecular weight is 236 g/mol. The van der Waals surface area contributed by atoms with Gasteiger partial charge < -0.3 is 10.2 Å². The van der Waals surface area contributed by atoms with Crippen LogP contribution < -0.4 is 0 Å². The van der Waals surface area contributed by atoms with E-state index in [4.69, 9.17) is 0 Å². The lowest BCUT2D eigenvalue weighted by atomic mass is 9.51. The number of hydrogen-bond acceptors (Lipinski definition) is 2. The Bertz CT molecular complexity index is 345. The van der Waals surface area contributed by atoms with E-state index in [-0.39, 0.29) is 18.1 Å². The molecule has 0 radical (unpaired) electrons. The summed E-state index contributed by atoms with van der Waals surface area (Å²) in [7, 11) is 0. The second kappa shape index (κ2) is 4.58. The zero-order valence-corrected chi connectivity index (χ0v) is 11.1. The van der Waals surface area contributed by atoms with Gasteiger partial charge in [0.2, 0.25) is 0 Å². The van der Waals surface area contributed by atoms with Crippen LogP contribution >= 0.6 is 0 Å². The Kier molecular flexibility index (Phi) is 3.46. The fourth-order valence-electron chi connectivity index (χ4n) is 3.50. The number of aliphatic hydroxyl groups is 2. The smallest absolute Gasteiger partial charge is 0.0729 e. The second-order valence-electron chi connectivity index (χ2n) is 6.26. The van der Waals surface area contributed by atoms with Crippen LogP contribution in [0.15, 0.2) is 23.8 Å². The van der Waals surface area contributed by atoms with Crippen LogP contribution in [0, 0.1) is 23.2 Å². The number of allylic oxidation sites excluding steroid dienone is 3. The third-order valence-corrected chi connectivity index (χ3v) is 4.70. The minimum absolute atomic E-state index is 0.0466. The lowest BCUT2D eigenvalue weighted by Crippen LogP contribution is -2.50. The van der Waals surface area contributed by atoms with Crippen LogP contribution in [0.5, 0.6) is 0 Å². The normalized spacial score (nSPS) is 46.1. The summed E-state index contributed by atoms with van der Waals surface area (Å²) in [6.45, 7) is 6.68. The Hall–Kier alpha value is -0.600.